The Morgan fingerprint density at radius 3 is 2.59 bits per heavy atom. The average molecular weight is 524 g/mol. The van der Waals surface area contributed by atoms with Crippen molar-refractivity contribution in [3.8, 4) is 11.4 Å². The zero-order chi connectivity index (χ0) is 26.5. The number of hydrogen-bond acceptors (Lipinski definition) is 5. The van der Waals surface area contributed by atoms with E-state index >= 15 is 0 Å². The minimum absolute atomic E-state index is 0.205. The van der Waals surface area contributed by atoms with Crippen molar-refractivity contribution in [2.75, 3.05) is 33.3 Å². The fourth-order valence-corrected chi connectivity index (χ4v) is 4.95. The number of fused-ring (bicyclic) bond motifs is 3. The summed E-state index contributed by atoms with van der Waals surface area (Å²) in [5.74, 6) is 0.175. The summed E-state index contributed by atoms with van der Waals surface area (Å²) in [5.41, 5.74) is 1.58. The van der Waals surface area contributed by atoms with E-state index in [9.17, 15) is 9.59 Å². The number of benzene rings is 2. The lowest BCUT2D eigenvalue weighted by Gasteiger charge is -2.20. The lowest BCUT2D eigenvalue weighted by atomic mass is 10.1. The molecule has 8 nitrogen and oxygen atoms in total. The number of aryl methyl sites for hydroxylation is 1. The quantitative estimate of drug-likeness (QED) is 0.286. The van der Waals surface area contributed by atoms with Crippen molar-refractivity contribution in [3.63, 3.8) is 0 Å². The fraction of sp³-hybridized carbons (Fsp3) is 0.393. The lowest BCUT2D eigenvalue weighted by Crippen LogP contribution is -2.33. The standard InChI is InChI=1S/C28H34ClN5O3/c1-5-7-16-33(6-2)17-10-15-30-27(35)25-24-20-11-8-9-12-22(20)32(3)26(24)28(36)34(31-25)19-13-14-23(37-4)21(29)18-19/h8-9,11-14,18H,5-7,10,15-17H2,1-4H3,(H,30,35). The molecule has 0 fully saturated rings. The van der Waals surface area contributed by atoms with Gasteiger partial charge in [0.1, 0.15) is 11.3 Å². The van der Waals surface area contributed by atoms with Crippen LogP contribution >= 0.6 is 11.6 Å². The highest BCUT2D eigenvalue weighted by atomic mass is 35.5. The number of methoxy groups -OCH3 is 1. The van der Waals surface area contributed by atoms with Crippen LogP contribution in [0.2, 0.25) is 5.02 Å². The first-order valence-corrected chi connectivity index (χ1v) is 13.1. The van der Waals surface area contributed by atoms with Crippen LogP contribution in [0.1, 0.15) is 43.6 Å². The topological polar surface area (TPSA) is 81.4 Å². The van der Waals surface area contributed by atoms with Crippen molar-refractivity contribution in [1.29, 1.82) is 0 Å². The highest BCUT2D eigenvalue weighted by molar-refractivity contribution is 6.32. The molecule has 0 saturated heterocycles. The SMILES string of the molecule is CCCCN(CC)CCCNC(=O)c1nn(-c2ccc(OC)c(Cl)c2)c(=O)c2c1c1ccccc1n2C. The van der Waals surface area contributed by atoms with E-state index in [1.807, 2.05) is 35.9 Å². The number of amides is 1. The molecule has 0 bridgehead atoms. The van der Waals surface area contributed by atoms with Gasteiger partial charge in [0.15, 0.2) is 5.69 Å². The molecule has 0 unspecified atom stereocenters. The van der Waals surface area contributed by atoms with Gasteiger partial charge >= 0.3 is 0 Å². The Morgan fingerprint density at radius 2 is 1.89 bits per heavy atom. The third-order valence-electron chi connectivity index (χ3n) is 6.75. The second-order valence-electron chi connectivity index (χ2n) is 9.08. The van der Waals surface area contributed by atoms with Crippen LogP contribution < -0.4 is 15.6 Å². The number of carbonyl (C=O) groups excluding carboxylic acids is 1. The lowest BCUT2D eigenvalue weighted by molar-refractivity contribution is 0.0947. The summed E-state index contributed by atoms with van der Waals surface area (Å²) in [4.78, 5) is 29.6. The molecule has 0 spiro atoms. The van der Waals surface area contributed by atoms with E-state index in [4.69, 9.17) is 16.3 Å². The number of aromatic nitrogens is 3. The molecule has 9 heteroatoms. The number of rotatable bonds is 11. The third-order valence-corrected chi connectivity index (χ3v) is 7.04. The van der Waals surface area contributed by atoms with Crippen molar-refractivity contribution >= 4 is 39.3 Å². The van der Waals surface area contributed by atoms with Crippen molar-refractivity contribution in [1.82, 2.24) is 24.6 Å². The van der Waals surface area contributed by atoms with Gasteiger partial charge in [-0.15, -0.1) is 0 Å². The molecule has 196 valence electrons. The highest BCUT2D eigenvalue weighted by Gasteiger charge is 2.23. The van der Waals surface area contributed by atoms with E-state index in [1.54, 1.807) is 18.2 Å². The molecule has 37 heavy (non-hydrogen) atoms. The van der Waals surface area contributed by atoms with Crippen LogP contribution in [0.4, 0.5) is 0 Å². The maximum absolute atomic E-state index is 13.7. The van der Waals surface area contributed by atoms with Gasteiger partial charge in [-0.1, -0.05) is 50.1 Å². The fourth-order valence-electron chi connectivity index (χ4n) is 4.70. The molecule has 2 heterocycles. The first-order chi connectivity index (χ1) is 17.9. The molecule has 0 aliphatic carbocycles. The van der Waals surface area contributed by atoms with E-state index in [0.29, 0.717) is 33.9 Å². The summed E-state index contributed by atoms with van der Waals surface area (Å²) in [7, 11) is 3.35. The largest absolute Gasteiger partial charge is 0.495 e. The summed E-state index contributed by atoms with van der Waals surface area (Å²) in [6.07, 6.45) is 3.16. The minimum atomic E-state index is -0.332. The van der Waals surface area contributed by atoms with Crippen LogP contribution in [0.25, 0.3) is 27.5 Å². The van der Waals surface area contributed by atoms with Gasteiger partial charge in [-0.25, -0.2) is 0 Å². The van der Waals surface area contributed by atoms with Crippen LogP contribution in [-0.4, -0.2) is 58.4 Å². The highest BCUT2D eigenvalue weighted by Crippen LogP contribution is 2.30. The van der Waals surface area contributed by atoms with E-state index in [0.717, 1.165) is 43.4 Å². The maximum atomic E-state index is 13.7. The van der Waals surface area contributed by atoms with Crippen LogP contribution in [0.5, 0.6) is 5.75 Å². The van der Waals surface area contributed by atoms with Crippen molar-refractivity contribution < 1.29 is 9.53 Å². The smallest absolute Gasteiger partial charge is 0.296 e. The Hall–Kier alpha value is -3.36. The Balaban J connectivity index is 1.74. The van der Waals surface area contributed by atoms with Crippen LogP contribution in [0.15, 0.2) is 47.3 Å². The van der Waals surface area contributed by atoms with Gasteiger partial charge in [0.2, 0.25) is 0 Å². The second-order valence-corrected chi connectivity index (χ2v) is 9.49. The molecular weight excluding hydrogens is 490 g/mol. The minimum Gasteiger partial charge on any atom is -0.495 e. The number of nitrogens with one attached hydrogen (secondary N) is 1. The predicted molar refractivity (Wildman–Crippen MR) is 149 cm³/mol. The second kappa shape index (κ2) is 11.8. The number of hydrogen-bond donors (Lipinski definition) is 1. The van der Waals surface area contributed by atoms with E-state index < -0.39 is 0 Å². The Morgan fingerprint density at radius 1 is 1.14 bits per heavy atom. The molecule has 0 atom stereocenters. The number of para-hydroxylation sites is 1. The van der Waals surface area contributed by atoms with Gasteiger partial charge in [-0.2, -0.15) is 9.78 Å². The number of halogens is 1. The molecule has 2 aromatic heterocycles. The van der Waals surface area contributed by atoms with E-state index in [2.05, 4.69) is 29.2 Å². The van der Waals surface area contributed by atoms with Gasteiger partial charge in [0, 0.05) is 29.9 Å². The van der Waals surface area contributed by atoms with Gasteiger partial charge in [-0.05, 0) is 56.7 Å². The Bertz CT molecular complexity index is 1480. The molecule has 1 amide bonds. The number of ether oxygens (including phenoxy) is 1. The first-order valence-electron chi connectivity index (χ1n) is 12.8. The average Bonchev–Trinajstić information content (AvgIpc) is 3.21. The van der Waals surface area contributed by atoms with Crippen LogP contribution in [0, 0.1) is 0 Å². The van der Waals surface area contributed by atoms with Crippen molar-refractivity contribution in [3.05, 3.63) is 63.5 Å². The summed E-state index contributed by atoms with van der Waals surface area (Å²) in [6.45, 7) is 7.83. The summed E-state index contributed by atoms with van der Waals surface area (Å²) in [6, 6.07) is 12.6. The predicted octanol–water partition coefficient (Wildman–Crippen LogP) is 4.78. The molecule has 4 rings (SSSR count). The molecule has 0 aliphatic rings. The zero-order valence-corrected chi connectivity index (χ0v) is 22.6. The van der Waals surface area contributed by atoms with Gasteiger partial charge in [-0.3, -0.25) is 9.59 Å². The van der Waals surface area contributed by atoms with Crippen molar-refractivity contribution in [2.45, 2.75) is 33.1 Å². The Kier molecular flexibility index (Phi) is 8.51. The zero-order valence-electron chi connectivity index (χ0n) is 21.9. The van der Waals surface area contributed by atoms with Crippen LogP contribution in [0.3, 0.4) is 0 Å². The summed E-state index contributed by atoms with van der Waals surface area (Å²) in [5, 5.41) is 9.31. The van der Waals surface area contributed by atoms with E-state index in [-0.39, 0.29) is 17.2 Å². The number of carbonyl (C=O) groups is 1. The molecule has 2 aromatic carbocycles. The van der Waals surface area contributed by atoms with Gasteiger partial charge < -0.3 is 19.5 Å². The normalized spacial score (nSPS) is 11.5. The first kappa shape index (κ1) is 26.7. The Labute approximate surface area is 221 Å². The molecular formula is C28H34ClN5O3. The van der Waals surface area contributed by atoms with Crippen molar-refractivity contribution in [2.24, 2.45) is 7.05 Å². The molecule has 0 radical (unpaired) electrons. The molecule has 0 aliphatic heterocycles. The summed E-state index contributed by atoms with van der Waals surface area (Å²) < 4.78 is 8.31. The maximum Gasteiger partial charge on any atom is 0.296 e. The van der Waals surface area contributed by atoms with Gasteiger partial charge in [0.25, 0.3) is 11.5 Å². The number of unbranched alkanes of at least 4 members (excludes halogenated alkanes) is 1. The van der Waals surface area contributed by atoms with E-state index in [1.165, 1.54) is 18.2 Å². The monoisotopic (exact) mass is 523 g/mol. The molecule has 0 saturated carbocycles. The van der Waals surface area contributed by atoms with Gasteiger partial charge in [0.05, 0.1) is 17.8 Å². The number of nitrogens with zero attached hydrogens (tertiary/aromatic N) is 4. The third kappa shape index (κ3) is 5.36. The molecule has 4 aromatic rings. The summed E-state index contributed by atoms with van der Waals surface area (Å²) >= 11 is 6.34. The van der Waals surface area contributed by atoms with Crippen LogP contribution in [-0.2, 0) is 7.05 Å². The molecule has 1 N–H and O–H groups in total.